The molecular formula is C14H17N3O2. The van der Waals surface area contributed by atoms with Crippen LogP contribution < -0.4 is 10.1 Å². The van der Waals surface area contributed by atoms with Crippen molar-refractivity contribution in [1.82, 2.24) is 9.78 Å². The number of benzene rings is 1. The Morgan fingerprint density at radius 2 is 2.26 bits per heavy atom. The molecule has 0 aliphatic rings. The van der Waals surface area contributed by atoms with Gasteiger partial charge in [-0.25, -0.2) is 0 Å². The average molecular weight is 259 g/mol. The Balaban J connectivity index is 1.89. The van der Waals surface area contributed by atoms with Crippen LogP contribution in [0.4, 0.5) is 5.69 Å². The number of carbonyl (C=O) groups excluding carboxylic acids is 1. The third-order valence-corrected chi connectivity index (χ3v) is 2.83. The van der Waals surface area contributed by atoms with Crippen LogP contribution in [-0.2, 0) is 11.3 Å². The van der Waals surface area contributed by atoms with Crippen LogP contribution in [0.3, 0.4) is 0 Å². The lowest BCUT2D eigenvalue weighted by Gasteiger charge is -2.07. The highest BCUT2D eigenvalue weighted by atomic mass is 16.5. The van der Waals surface area contributed by atoms with Crippen molar-refractivity contribution in [3.8, 4) is 5.75 Å². The number of rotatable bonds is 5. The minimum Gasteiger partial charge on any atom is -0.497 e. The van der Waals surface area contributed by atoms with Gasteiger partial charge in [-0.3, -0.25) is 9.48 Å². The summed E-state index contributed by atoms with van der Waals surface area (Å²) in [5, 5.41) is 6.98. The summed E-state index contributed by atoms with van der Waals surface area (Å²) in [4.78, 5) is 11.8. The average Bonchev–Trinajstić information content (AvgIpc) is 2.82. The molecule has 0 saturated heterocycles. The zero-order valence-corrected chi connectivity index (χ0v) is 11.1. The van der Waals surface area contributed by atoms with E-state index in [-0.39, 0.29) is 5.91 Å². The molecule has 0 aliphatic carbocycles. The van der Waals surface area contributed by atoms with E-state index in [1.165, 1.54) is 0 Å². The second-order valence-electron chi connectivity index (χ2n) is 4.23. The topological polar surface area (TPSA) is 56.1 Å². The van der Waals surface area contributed by atoms with Gasteiger partial charge in [0.25, 0.3) is 0 Å². The van der Waals surface area contributed by atoms with Crippen molar-refractivity contribution in [2.45, 2.75) is 19.9 Å². The fourth-order valence-corrected chi connectivity index (χ4v) is 1.76. The molecule has 5 nitrogen and oxygen atoms in total. The van der Waals surface area contributed by atoms with Gasteiger partial charge in [0.05, 0.1) is 7.11 Å². The number of aromatic nitrogens is 2. The number of hydrogen-bond acceptors (Lipinski definition) is 3. The van der Waals surface area contributed by atoms with Gasteiger partial charge in [-0.2, -0.15) is 5.10 Å². The number of anilines is 1. The molecule has 1 N–H and O–H groups in total. The van der Waals surface area contributed by atoms with Gasteiger partial charge >= 0.3 is 0 Å². The quantitative estimate of drug-likeness (QED) is 0.895. The number of carbonyl (C=O) groups is 1. The number of aryl methyl sites for hydroxylation is 2. The van der Waals surface area contributed by atoms with Crippen molar-refractivity contribution in [2.24, 2.45) is 0 Å². The van der Waals surface area contributed by atoms with Crippen molar-refractivity contribution in [3.05, 3.63) is 42.2 Å². The molecule has 0 saturated carbocycles. The highest BCUT2D eigenvalue weighted by Crippen LogP contribution is 2.16. The monoisotopic (exact) mass is 259 g/mol. The number of amides is 1. The lowest BCUT2D eigenvalue weighted by atomic mass is 10.3. The van der Waals surface area contributed by atoms with Crippen LogP contribution in [0.1, 0.15) is 12.1 Å². The van der Waals surface area contributed by atoms with E-state index in [1.54, 1.807) is 19.4 Å². The molecule has 0 fully saturated rings. The van der Waals surface area contributed by atoms with Gasteiger partial charge in [0, 0.05) is 36.6 Å². The van der Waals surface area contributed by atoms with E-state index < -0.39 is 0 Å². The van der Waals surface area contributed by atoms with E-state index in [4.69, 9.17) is 4.74 Å². The molecule has 5 heteroatoms. The summed E-state index contributed by atoms with van der Waals surface area (Å²) in [6.45, 7) is 2.54. The van der Waals surface area contributed by atoms with E-state index in [0.29, 0.717) is 13.0 Å². The molecule has 1 amide bonds. The summed E-state index contributed by atoms with van der Waals surface area (Å²) in [6.07, 6.45) is 2.12. The zero-order valence-electron chi connectivity index (χ0n) is 11.1. The lowest BCUT2D eigenvalue weighted by molar-refractivity contribution is -0.116. The number of nitrogens with zero attached hydrogens (tertiary/aromatic N) is 2. The zero-order chi connectivity index (χ0) is 13.7. The molecule has 1 aromatic carbocycles. The third kappa shape index (κ3) is 3.58. The predicted octanol–water partition coefficient (Wildman–Crippen LogP) is 2.23. The van der Waals surface area contributed by atoms with Gasteiger partial charge in [-0.15, -0.1) is 0 Å². The Labute approximate surface area is 112 Å². The minimum atomic E-state index is -0.0387. The van der Waals surface area contributed by atoms with Crippen LogP contribution in [0.15, 0.2) is 36.5 Å². The highest BCUT2D eigenvalue weighted by molar-refractivity contribution is 5.90. The Morgan fingerprint density at radius 3 is 2.95 bits per heavy atom. The molecule has 1 heterocycles. The minimum absolute atomic E-state index is 0.0387. The molecule has 2 rings (SSSR count). The standard InChI is InChI=1S/C14H17N3O2/c1-11-6-8-15-17(11)9-7-14(18)16-12-4-3-5-13(10-12)19-2/h3-6,8,10H,7,9H2,1-2H3,(H,16,18). The van der Waals surface area contributed by atoms with E-state index in [9.17, 15) is 4.79 Å². The molecule has 0 aliphatic heterocycles. The second kappa shape index (κ2) is 6.04. The van der Waals surface area contributed by atoms with Gasteiger partial charge in [0.1, 0.15) is 5.75 Å². The fraction of sp³-hybridized carbons (Fsp3) is 0.286. The SMILES string of the molecule is COc1cccc(NC(=O)CCn2nccc2C)c1. The second-order valence-corrected chi connectivity index (χ2v) is 4.23. The summed E-state index contributed by atoms with van der Waals surface area (Å²) >= 11 is 0. The summed E-state index contributed by atoms with van der Waals surface area (Å²) < 4.78 is 6.92. The smallest absolute Gasteiger partial charge is 0.226 e. The largest absolute Gasteiger partial charge is 0.497 e. The van der Waals surface area contributed by atoms with Crippen molar-refractivity contribution < 1.29 is 9.53 Å². The Bertz CT molecular complexity index is 563. The van der Waals surface area contributed by atoms with Crippen molar-refractivity contribution >= 4 is 11.6 Å². The number of hydrogen-bond donors (Lipinski definition) is 1. The molecule has 19 heavy (non-hydrogen) atoms. The lowest BCUT2D eigenvalue weighted by Crippen LogP contribution is -2.15. The molecule has 0 atom stereocenters. The fourth-order valence-electron chi connectivity index (χ4n) is 1.76. The first-order chi connectivity index (χ1) is 9.19. The highest BCUT2D eigenvalue weighted by Gasteiger charge is 2.05. The summed E-state index contributed by atoms with van der Waals surface area (Å²) in [6, 6.07) is 9.21. The molecule has 100 valence electrons. The van der Waals surface area contributed by atoms with E-state index in [1.807, 2.05) is 35.9 Å². The summed E-state index contributed by atoms with van der Waals surface area (Å²) in [5.41, 5.74) is 1.79. The Kier molecular flexibility index (Phi) is 4.18. The van der Waals surface area contributed by atoms with Crippen LogP contribution in [0, 0.1) is 6.92 Å². The molecule has 0 unspecified atom stereocenters. The van der Waals surface area contributed by atoms with Gasteiger partial charge in [-0.1, -0.05) is 6.07 Å². The number of nitrogens with one attached hydrogen (secondary N) is 1. The first-order valence-electron chi connectivity index (χ1n) is 6.11. The van der Waals surface area contributed by atoms with Crippen molar-refractivity contribution in [3.63, 3.8) is 0 Å². The van der Waals surface area contributed by atoms with E-state index >= 15 is 0 Å². The van der Waals surface area contributed by atoms with Gasteiger partial charge in [-0.05, 0) is 25.1 Å². The molecule has 1 aromatic heterocycles. The van der Waals surface area contributed by atoms with Gasteiger partial charge in [0.15, 0.2) is 0 Å². The predicted molar refractivity (Wildman–Crippen MR) is 73.2 cm³/mol. The molecular weight excluding hydrogens is 242 g/mol. The number of methoxy groups -OCH3 is 1. The molecule has 0 bridgehead atoms. The molecule has 2 aromatic rings. The normalized spacial score (nSPS) is 10.2. The molecule has 0 spiro atoms. The maximum absolute atomic E-state index is 11.8. The van der Waals surface area contributed by atoms with Crippen LogP contribution >= 0.6 is 0 Å². The van der Waals surface area contributed by atoms with Gasteiger partial charge in [0.2, 0.25) is 5.91 Å². The van der Waals surface area contributed by atoms with Crippen molar-refractivity contribution in [1.29, 1.82) is 0 Å². The van der Waals surface area contributed by atoms with Crippen LogP contribution in [-0.4, -0.2) is 22.8 Å². The Hall–Kier alpha value is -2.30. The first kappa shape index (κ1) is 13.1. The number of ether oxygens (including phenoxy) is 1. The summed E-state index contributed by atoms with van der Waals surface area (Å²) in [7, 11) is 1.60. The van der Waals surface area contributed by atoms with Crippen LogP contribution in [0.25, 0.3) is 0 Å². The van der Waals surface area contributed by atoms with Crippen LogP contribution in [0.5, 0.6) is 5.75 Å². The Morgan fingerprint density at radius 1 is 1.42 bits per heavy atom. The van der Waals surface area contributed by atoms with Crippen molar-refractivity contribution in [2.75, 3.05) is 12.4 Å². The van der Waals surface area contributed by atoms with Crippen LogP contribution in [0.2, 0.25) is 0 Å². The first-order valence-corrected chi connectivity index (χ1v) is 6.11. The maximum Gasteiger partial charge on any atom is 0.226 e. The molecule has 0 radical (unpaired) electrons. The van der Waals surface area contributed by atoms with Gasteiger partial charge < -0.3 is 10.1 Å². The summed E-state index contributed by atoms with van der Waals surface area (Å²) in [5.74, 6) is 0.684. The van der Waals surface area contributed by atoms with E-state index in [0.717, 1.165) is 17.1 Å². The maximum atomic E-state index is 11.8. The van der Waals surface area contributed by atoms with E-state index in [2.05, 4.69) is 10.4 Å². The third-order valence-electron chi connectivity index (χ3n) is 2.83.